The van der Waals surface area contributed by atoms with E-state index in [0.29, 0.717) is 13.0 Å². The highest BCUT2D eigenvalue weighted by Gasteiger charge is 2.42. The van der Waals surface area contributed by atoms with Crippen molar-refractivity contribution in [3.05, 3.63) is 28.5 Å². The zero-order valence-electron chi connectivity index (χ0n) is 14.7. The highest BCUT2D eigenvalue weighted by molar-refractivity contribution is 9.10. The molecule has 0 N–H and O–H groups in total. The first-order chi connectivity index (χ1) is 10.6. The number of nitrogens with zero attached hydrogens (tertiary/aromatic N) is 2. The lowest BCUT2D eigenvalue weighted by Gasteiger charge is -2.39. The molecular formula is C17H27BrN2O2Si. The van der Waals surface area contributed by atoms with E-state index in [-0.39, 0.29) is 22.6 Å². The molecule has 23 heavy (non-hydrogen) atoms. The fourth-order valence-electron chi connectivity index (χ4n) is 2.89. The minimum Gasteiger partial charge on any atom is -0.416 e. The Hall–Kier alpha value is -0.723. The van der Waals surface area contributed by atoms with Gasteiger partial charge in [0.1, 0.15) is 0 Å². The van der Waals surface area contributed by atoms with Gasteiger partial charge in [-0.3, -0.25) is 9.78 Å². The van der Waals surface area contributed by atoms with Crippen LogP contribution in [0.15, 0.2) is 22.9 Å². The first kappa shape index (κ1) is 18.6. The van der Waals surface area contributed by atoms with E-state index < -0.39 is 9.76 Å². The Morgan fingerprint density at radius 3 is 2.65 bits per heavy atom. The SMILES string of the molecule is CC(C)(C)[SiH2]OC(C)(C)C1CCC(=O)N1Cc1cncc(Br)c1. The number of halogens is 1. The Kier molecular flexibility index (Phi) is 5.69. The highest BCUT2D eigenvalue weighted by Crippen LogP contribution is 2.33. The number of likely N-dealkylation sites (tertiary alicyclic amines) is 1. The van der Waals surface area contributed by atoms with Crippen molar-refractivity contribution in [3.8, 4) is 0 Å². The maximum absolute atomic E-state index is 12.4. The molecule has 0 aliphatic carbocycles. The van der Waals surface area contributed by atoms with Gasteiger partial charge in [0.2, 0.25) is 5.91 Å². The summed E-state index contributed by atoms with van der Waals surface area (Å²) in [4.78, 5) is 18.5. The van der Waals surface area contributed by atoms with Gasteiger partial charge >= 0.3 is 0 Å². The second-order valence-electron chi connectivity index (χ2n) is 8.04. The number of amides is 1. The molecule has 1 atom stereocenters. The molecular weight excluding hydrogens is 372 g/mol. The van der Waals surface area contributed by atoms with Crippen molar-refractivity contribution in [2.45, 2.75) is 70.7 Å². The van der Waals surface area contributed by atoms with E-state index in [0.717, 1.165) is 16.5 Å². The van der Waals surface area contributed by atoms with Gasteiger partial charge in [-0.2, -0.15) is 0 Å². The molecule has 4 nitrogen and oxygen atoms in total. The van der Waals surface area contributed by atoms with Crippen LogP contribution in [0.5, 0.6) is 0 Å². The number of pyridine rings is 1. The first-order valence-electron chi connectivity index (χ1n) is 8.11. The lowest BCUT2D eigenvalue weighted by Crippen LogP contribution is -2.49. The fraction of sp³-hybridized carbons (Fsp3) is 0.647. The quantitative estimate of drug-likeness (QED) is 0.713. The minimum absolute atomic E-state index is 0.129. The summed E-state index contributed by atoms with van der Waals surface area (Å²) in [7, 11) is -0.662. The Bertz CT molecular complexity index is 572. The molecule has 2 heterocycles. The molecule has 1 aromatic rings. The summed E-state index contributed by atoms with van der Waals surface area (Å²) in [5, 5.41) is 0.249. The van der Waals surface area contributed by atoms with Crippen LogP contribution in [0.25, 0.3) is 0 Å². The number of carbonyl (C=O) groups excluding carboxylic acids is 1. The summed E-state index contributed by atoms with van der Waals surface area (Å²) in [6.45, 7) is 11.5. The number of aromatic nitrogens is 1. The van der Waals surface area contributed by atoms with Crippen LogP contribution in [-0.4, -0.2) is 37.2 Å². The van der Waals surface area contributed by atoms with Crippen molar-refractivity contribution >= 4 is 31.6 Å². The number of hydrogen-bond acceptors (Lipinski definition) is 3. The summed E-state index contributed by atoms with van der Waals surface area (Å²) in [6.07, 6.45) is 5.06. The van der Waals surface area contributed by atoms with Crippen LogP contribution < -0.4 is 0 Å². The molecule has 1 aliphatic rings. The van der Waals surface area contributed by atoms with Gasteiger partial charge in [0, 0.05) is 29.8 Å². The minimum atomic E-state index is -0.662. The molecule has 6 heteroatoms. The Morgan fingerprint density at radius 1 is 1.35 bits per heavy atom. The molecule has 128 valence electrons. The molecule has 0 spiro atoms. The molecule has 1 unspecified atom stereocenters. The largest absolute Gasteiger partial charge is 0.416 e. The van der Waals surface area contributed by atoms with Crippen LogP contribution in [0.2, 0.25) is 5.04 Å². The molecule has 2 rings (SSSR count). The van der Waals surface area contributed by atoms with Crippen molar-refractivity contribution in [2.75, 3.05) is 0 Å². The second-order valence-corrected chi connectivity index (χ2v) is 11.7. The van der Waals surface area contributed by atoms with E-state index in [4.69, 9.17) is 4.43 Å². The van der Waals surface area contributed by atoms with Crippen molar-refractivity contribution in [1.82, 2.24) is 9.88 Å². The summed E-state index contributed by atoms with van der Waals surface area (Å²) < 4.78 is 7.28. The smallest absolute Gasteiger partial charge is 0.223 e. The van der Waals surface area contributed by atoms with Crippen molar-refractivity contribution < 1.29 is 9.22 Å². The zero-order chi connectivity index (χ0) is 17.3. The number of carbonyl (C=O) groups is 1. The van der Waals surface area contributed by atoms with Gasteiger partial charge in [-0.05, 0) is 52.9 Å². The van der Waals surface area contributed by atoms with E-state index in [1.807, 2.05) is 17.2 Å². The van der Waals surface area contributed by atoms with E-state index in [1.54, 1.807) is 6.20 Å². The standard InChI is InChI=1S/C17H27BrN2O2Si/c1-16(2,3)23-22-17(4,5)14-6-7-15(21)20(14)11-12-8-13(18)10-19-9-12/h8-10,14H,6-7,11,23H2,1-5H3. The van der Waals surface area contributed by atoms with E-state index >= 15 is 0 Å². The molecule has 0 saturated carbocycles. The van der Waals surface area contributed by atoms with Crippen molar-refractivity contribution in [3.63, 3.8) is 0 Å². The van der Waals surface area contributed by atoms with Gasteiger partial charge in [0.25, 0.3) is 0 Å². The topological polar surface area (TPSA) is 42.4 Å². The molecule has 0 bridgehead atoms. The van der Waals surface area contributed by atoms with Gasteiger partial charge in [-0.15, -0.1) is 0 Å². The molecule has 1 aliphatic heterocycles. The van der Waals surface area contributed by atoms with Crippen LogP contribution >= 0.6 is 15.9 Å². The monoisotopic (exact) mass is 398 g/mol. The molecule has 1 amide bonds. The number of rotatable bonds is 5. The Morgan fingerprint density at radius 2 is 2.04 bits per heavy atom. The fourth-order valence-corrected chi connectivity index (χ4v) is 4.30. The maximum Gasteiger partial charge on any atom is 0.223 e. The van der Waals surface area contributed by atoms with Gasteiger partial charge < -0.3 is 9.33 Å². The normalized spacial score (nSPS) is 20.0. The third kappa shape index (κ3) is 5.13. The summed E-state index contributed by atoms with van der Waals surface area (Å²) in [5.41, 5.74) is 0.744. The van der Waals surface area contributed by atoms with Gasteiger partial charge in [0.15, 0.2) is 9.76 Å². The van der Waals surface area contributed by atoms with Gasteiger partial charge in [0.05, 0.1) is 11.6 Å². The van der Waals surface area contributed by atoms with Gasteiger partial charge in [-0.1, -0.05) is 20.8 Å². The lowest BCUT2D eigenvalue weighted by atomic mass is 9.96. The summed E-state index contributed by atoms with van der Waals surface area (Å²) in [6, 6.07) is 2.15. The van der Waals surface area contributed by atoms with Crippen molar-refractivity contribution in [2.24, 2.45) is 0 Å². The average molecular weight is 399 g/mol. The molecule has 0 aromatic carbocycles. The molecule has 1 aromatic heterocycles. The lowest BCUT2D eigenvalue weighted by molar-refractivity contribution is -0.132. The predicted molar refractivity (Wildman–Crippen MR) is 98.9 cm³/mol. The van der Waals surface area contributed by atoms with E-state index in [9.17, 15) is 4.79 Å². The van der Waals surface area contributed by atoms with Crippen LogP contribution in [0, 0.1) is 0 Å². The maximum atomic E-state index is 12.4. The third-order valence-corrected chi connectivity index (χ3v) is 6.31. The van der Waals surface area contributed by atoms with E-state index in [1.165, 1.54) is 0 Å². The second kappa shape index (κ2) is 7.03. The summed E-state index contributed by atoms with van der Waals surface area (Å²) in [5.74, 6) is 0.212. The van der Waals surface area contributed by atoms with Crippen LogP contribution in [-0.2, 0) is 15.8 Å². The van der Waals surface area contributed by atoms with E-state index in [2.05, 4.69) is 55.5 Å². The molecule has 1 fully saturated rings. The first-order valence-corrected chi connectivity index (χ1v) is 10.2. The average Bonchev–Trinajstić information content (AvgIpc) is 2.78. The Balaban J connectivity index is 2.12. The molecule has 1 saturated heterocycles. The molecule has 0 radical (unpaired) electrons. The van der Waals surface area contributed by atoms with Crippen molar-refractivity contribution in [1.29, 1.82) is 0 Å². The number of hydrogen-bond donors (Lipinski definition) is 0. The third-order valence-electron chi connectivity index (χ3n) is 4.12. The summed E-state index contributed by atoms with van der Waals surface area (Å²) >= 11 is 3.44. The van der Waals surface area contributed by atoms with Crippen LogP contribution in [0.3, 0.4) is 0 Å². The van der Waals surface area contributed by atoms with Crippen LogP contribution in [0.4, 0.5) is 0 Å². The van der Waals surface area contributed by atoms with Crippen LogP contribution in [0.1, 0.15) is 53.0 Å². The zero-order valence-corrected chi connectivity index (χ0v) is 17.7. The van der Waals surface area contributed by atoms with Gasteiger partial charge in [-0.25, -0.2) is 0 Å². The predicted octanol–water partition coefficient (Wildman–Crippen LogP) is 3.43. The highest BCUT2D eigenvalue weighted by atomic mass is 79.9. The Labute approximate surface area is 150 Å².